The molecule has 2 saturated heterocycles. The van der Waals surface area contributed by atoms with E-state index < -0.39 is 0 Å². The molecule has 4 rings (SSSR count). The van der Waals surface area contributed by atoms with E-state index in [1.165, 1.54) is 18.4 Å². The minimum absolute atomic E-state index is 0.00216. The molecule has 2 aliphatic heterocycles. The maximum Gasteiger partial charge on any atom is 0.225 e. The van der Waals surface area contributed by atoms with Crippen molar-refractivity contribution in [3.8, 4) is 0 Å². The smallest absolute Gasteiger partial charge is 0.225 e. The molecule has 0 aromatic heterocycles. The zero-order chi connectivity index (χ0) is 17.8. The van der Waals surface area contributed by atoms with Gasteiger partial charge in [0, 0.05) is 32.7 Å². The second kappa shape index (κ2) is 8.07. The van der Waals surface area contributed by atoms with Crippen LogP contribution in [-0.4, -0.2) is 66.8 Å². The summed E-state index contributed by atoms with van der Waals surface area (Å²) >= 11 is 0. The van der Waals surface area contributed by atoms with Crippen LogP contribution in [0.2, 0.25) is 0 Å². The summed E-state index contributed by atoms with van der Waals surface area (Å²) in [6.07, 6.45) is 5.14. The Hall–Kier alpha value is -1.43. The first-order valence-corrected chi connectivity index (χ1v) is 10.0. The number of carbonyl (C=O) groups excluding carboxylic acids is 1. The van der Waals surface area contributed by atoms with Gasteiger partial charge in [0.1, 0.15) is 0 Å². The number of ether oxygens (including phenoxy) is 2. The molecule has 1 unspecified atom stereocenters. The van der Waals surface area contributed by atoms with Gasteiger partial charge in [0.05, 0.1) is 31.3 Å². The first kappa shape index (κ1) is 18.0. The van der Waals surface area contributed by atoms with Crippen LogP contribution in [0.4, 0.5) is 0 Å². The van der Waals surface area contributed by atoms with Gasteiger partial charge in [-0.25, -0.2) is 0 Å². The summed E-state index contributed by atoms with van der Waals surface area (Å²) in [6.45, 7) is 5.56. The zero-order valence-electron chi connectivity index (χ0n) is 15.6. The molecule has 1 aromatic carbocycles. The van der Waals surface area contributed by atoms with Crippen molar-refractivity contribution < 1.29 is 14.3 Å². The lowest BCUT2D eigenvalue weighted by molar-refractivity contribution is -0.153. The van der Waals surface area contributed by atoms with Crippen LogP contribution in [-0.2, 0) is 20.8 Å². The first-order valence-electron chi connectivity index (χ1n) is 10.0. The summed E-state index contributed by atoms with van der Waals surface area (Å²) in [4.78, 5) is 17.3. The highest BCUT2D eigenvalue weighted by molar-refractivity contribution is 5.77. The van der Waals surface area contributed by atoms with Crippen molar-refractivity contribution in [3.63, 3.8) is 0 Å². The summed E-state index contributed by atoms with van der Waals surface area (Å²) < 4.78 is 12.0. The fourth-order valence-corrected chi connectivity index (χ4v) is 4.59. The van der Waals surface area contributed by atoms with Crippen molar-refractivity contribution in [2.75, 3.05) is 39.4 Å². The molecule has 5 heteroatoms. The SMILES string of the molecule is O=C(CC1CN(Cc2ccccc2)CCO1)N1CCOC2(CCCC2)C1. The van der Waals surface area contributed by atoms with Gasteiger partial charge in [-0.2, -0.15) is 0 Å². The lowest BCUT2D eigenvalue weighted by Crippen LogP contribution is -2.53. The van der Waals surface area contributed by atoms with E-state index in [0.717, 1.165) is 45.6 Å². The lowest BCUT2D eigenvalue weighted by Gasteiger charge is -2.41. The quantitative estimate of drug-likeness (QED) is 0.829. The highest BCUT2D eigenvalue weighted by Gasteiger charge is 2.40. The molecule has 2 heterocycles. The number of hydrogen-bond donors (Lipinski definition) is 0. The monoisotopic (exact) mass is 358 g/mol. The molecule has 1 aromatic rings. The van der Waals surface area contributed by atoms with Crippen molar-refractivity contribution >= 4 is 5.91 Å². The molecule has 1 spiro atoms. The van der Waals surface area contributed by atoms with E-state index in [-0.39, 0.29) is 17.6 Å². The van der Waals surface area contributed by atoms with Crippen molar-refractivity contribution in [2.45, 2.75) is 50.4 Å². The van der Waals surface area contributed by atoms with Gasteiger partial charge in [-0.1, -0.05) is 43.2 Å². The molecule has 0 radical (unpaired) electrons. The van der Waals surface area contributed by atoms with E-state index >= 15 is 0 Å². The fourth-order valence-electron chi connectivity index (χ4n) is 4.59. The average Bonchev–Trinajstić information content (AvgIpc) is 3.10. The molecule has 1 atom stereocenters. The van der Waals surface area contributed by atoms with Crippen molar-refractivity contribution in [1.82, 2.24) is 9.80 Å². The summed E-state index contributed by atoms with van der Waals surface area (Å²) in [6, 6.07) is 10.5. The van der Waals surface area contributed by atoms with Crippen LogP contribution >= 0.6 is 0 Å². The summed E-state index contributed by atoms with van der Waals surface area (Å²) in [5.74, 6) is 0.228. The molecule has 1 aliphatic carbocycles. The van der Waals surface area contributed by atoms with Crippen LogP contribution in [0.5, 0.6) is 0 Å². The Morgan fingerprint density at radius 3 is 2.73 bits per heavy atom. The van der Waals surface area contributed by atoms with E-state index in [1.54, 1.807) is 0 Å². The molecule has 1 saturated carbocycles. The molecule has 142 valence electrons. The highest BCUT2D eigenvalue weighted by Crippen LogP contribution is 2.36. The van der Waals surface area contributed by atoms with E-state index in [4.69, 9.17) is 9.47 Å². The number of amides is 1. The van der Waals surface area contributed by atoms with Crippen LogP contribution in [0, 0.1) is 0 Å². The fraction of sp³-hybridized carbons (Fsp3) is 0.667. The minimum atomic E-state index is -0.0549. The number of morpholine rings is 2. The van der Waals surface area contributed by atoms with Gasteiger partial charge in [-0.05, 0) is 18.4 Å². The molecular formula is C21H30N2O3. The Labute approximate surface area is 156 Å². The molecule has 3 aliphatic rings. The molecule has 0 N–H and O–H groups in total. The van der Waals surface area contributed by atoms with E-state index in [2.05, 4.69) is 29.2 Å². The summed E-state index contributed by atoms with van der Waals surface area (Å²) in [5.41, 5.74) is 1.26. The molecule has 3 fully saturated rings. The number of benzene rings is 1. The topological polar surface area (TPSA) is 42.0 Å². The van der Waals surface area contributed by atoms with Crippen molar-refractivity contribution in [1.29, 1.82) is 0 Å². The average molecular weight is 358 g/mol. The normalized spacial score (nSPS) is 26.3. The van der Waals surface area contributed by atoms with Crippen LogP contribution in [0.25, 0.3) is 0 Å². The molecular weight excluding hydrogens is 328 g/mol. The third kappa shape index (κ3) is 4.27. The number of rotatable bonds is 4. The Bertz CT molecular complexity index is 601. The maximum absolute atomic E-state index is 12.8. The largest absolute Gasteiger partial charge is 0.375 e. The van der Waals surface area contributed by atoms with Crippen LogP contribution < -0.4 is 0 Å². The van der Waals surface area contributed by atoms with Crippen molar-refractivity contribution in [3.05, 3.63) is 35.9 Å². The number of hydrogen-bond acceptors (Lipinski definition) is 4. The predicted molar refractivity (Wildman–Crippen MR) is 99.8 cm³/mol. The maximum atomic E-state index is 12.8. The minimum Gasteiger partial charge on any atom is -0.375 e. The van der Waals surface area contributed by atoms with E-state index in [0.29, 0.717) is 19.6 Å². The van der Waals surface area contributed by atoms with E-state index in [9.17, 15) is 4.79 Å². The Balaban J connectivity index is 1.29. The van der Waals surface area contributed by atoms with Crippen molar-refractivity contribution in [2.24, 2.45) is 0 Å². The standard InChI is InChI=1S/C21H30N2O3/c24-20(23-11-13-26-21(17-23)8-4-5-9-21)14-19-16-22(10-12-25-19)15-18-6-2-1-3-7-18/h1-3,6-7,19H,4-5,8-17H2. The molecule has 1 amide bonds. The summed E-state index contributed by atoms with van der Waals surface area (Å²) in [7, 11) is 0. The highest BCUT2D eigenvalue weighted by atomic mass is 16.5. The molecule has 5 nitrogen and oxygen atoms in total. The first-order chi connectivity index (χ1) is 12.7. The molecule has 0 bridgehead atoms. The third-order valence-electron chi connectivity index (χ3n) is 5.99. The third-order valence-corrected chi connectivity index (χ3v) is 5.99. The van der Waals surface area contributed by atoms with Crippen LogP contribution in [0.3, 0.4) is 0 Å². The predicted octanol–water partition coefficient (Wildman–Crippen LogP) is 2.45. The van der Waals surface area contributed by atoms with Crippen LogP contribution in [0.15, 0.2) is 30.3 Å². The Morgan fingerprint density at radius 1 is 1.12 bits per heavy atom. The molecule has 26 heavy (non-hydrogen) atoms. The van der Waals surface area contributed by atoms with Gasteiger partial charge in [-0.15, -0.1) is 0 Å². The number of carbonyl (C=O) groups is 1. The number of nitrogens with zero attached hydrogens (tertiary/aromatic N) is 2. The Morgan fingerprint density at radius 2 is 1.92 bits per heavy atom. The lowest BCUT2D eigenvalue weighted by atomic mass is 9.99. The van der Waals surface area contributed by atoms with Crippen LogP contribution in [0.1, 0.15) is 37.7 Å². The van der Waals surface area contributed by atoms with Gasteiger partial charge in [0.2, 0.25) is 5.91 Å². The zero-order valence-corrected chi connectivity index (χ0v) is 15.6. The van der Waals surface area contributed by atoms with Gasteiger partial charge in [0.15, 0.2) is 0 Å². The van der Waals surface area contributed by atoms with Gasteiger partial charge in [0.25, 0.3) is 0 Å². The Kier molecular flexibility index (Phi) is 5.57. The second-order valence-corrected chi connectivity index (χ2v) is 7.97. The van der Waals surface area contributed by atoms with Gasteiger partial charge >= 0.3 is 0 Å². The van der Waals surface area contributed by atoms with E-state index in [1.807, 2.05) is 11.0 Å². The van der Waals surface area contributed by atoms with Gasteiger partial charge < -0.3 is 14.4 Å². The second-order valence-electron chi connectivity index (χ2n) is 7.97. The summed E-state index contributed by atoms with van der Waals surface area (Å²) in [5, 5.41) is 0. The van der Waals surface area contributed by atoms with Gasteiger partial charge in [-0.3, -0.25) is 9.69 Å².